The summed E-state index contributed by atoms with van der Waals surface area (Å²) < 4.78 is 26.4. The fourth-order valence-corrected chi connectivity index (χ4v) is 2.99. The molecule has 0 aromatic heterocycles. The van der Waals surface area contributed by atoms with Crippen molar-refractivity contribution >= 4 is 16.0 Å². The predicted octanol–water partition coefficient (Wildman–Crippen LogP) is 0.356. The largest absolute Gasteiger partial charge is 0.548 e. The van der Waals surface area contributed by atoms with Gasteiger partial charge in [-0.2, -0.15) is 0 Å². The van der Waals surface area contributed by atoms with Crippen molar-refractivity contribution in [1.82, 2.24) is 4.72 Å². The van der Waals surface area contributed by atoms with Crippen LogP contribution in [0, 0.1) is 19.8 Å². The number of sulfonamides is 1. The predicted molar refractivity (Wildman–Crippen MR) is 69.9 cm³/mol. The number of nitrogens with one attached hydrogen (secondary N) is 1. The van der Waals surface area contributed by atoms with Gasteiger partial charge in [0.15, 0.2) is 0 Å². The first-order valence-electron chi connectivity index (χ1n) is 5.95. The molecule has 1 aromatic carbocycles. The number of carboxylic acid groups (broad SMARTS) is 1. The van der Waals surface area contributed by atoms with Crippen LogP contribution in [0.1, 0.15) is 25.0 Å². The quantitative estimate of drug-likeness (QED) is 0.845. The lowest BCUT2D eigenvalue weighted by molar-refractivity contribution is -0.309. The monoisotopic (exact) mass is 284 g/mol. The summed E-state index contributed by atoms with van der Waals surface area (Å²) in [5.41, 5.74) is 1.80. The van der Waals surface area contributed by atoms with Gasteiger partial charge >= 0.3 is 0 Å². The molecule has 0 fully saturated rings. The number of rotatable bonds is 5. The lowest BCUT2D eigenvalue weighted by atomic mass is 10.1. The molecular formula is C13H18NO4S-. The highest BCUT2D eigenvalue weighted by atomic mass is 32.2. The molecule has 1 rings (SSSR count). The van der Waals surface area contributed by atoms with Gasteiger partial charge < -0.3 is 9.90 Å². The van der Waals surface area contributed by atoms with E-state index in [4.69, 9.17) is 0 Å². The van der Waals surface area contributed by atoms with Gasteiger partial charge in [0.1, 0.15) is 0 Å². The molecule has 6 heteroatoms. The van der Waals surface area contributed by atoms with Crippen LogP contribution in [0.3, 0.4) is 0 Å². The molecule has 0 amide bonds. The number of aryl methyl sites for hydroxylation is 2. The van der Waals surface area contributed by atoms with Gasteiger partial charge in [-0.1, -0.05) is 19.9 Å². The summed E-state index contributed by atoms with van der Waals surface area (Å²) in [4.78, 5) is 11.0. The van der Waals surface area contributed by atoms with Gasteiger partial charge in [0.05, 0.1) is 16.9 Å². The van der Waals surface area contributed by atoms with Crippen LogP contribution in [0.25, 0.3) is 0 Å². The van der Waals surface area contributed by atoms with Gasteiger partial charge in [-0.3, -0.25) is 0 Å². The van der Waals surface area contributed by atoms with Crippen molar-refractivity contribution < 1.29 is 18.3 Å². The third kappa shape index (κ3) is 3.78. The van der Waals surface area contributed by atoms with Crippen LogP contribution in [0.15, 0.2) is 23.1 Å². The van der Waals surface area contributed by atoms with E-state index >= 15 is 0 Å². The summed E-state index contributed by atoms with van der Waals surface area (Å²) in [5, 5.41) is 10.9. The molecule has 0 spiro atoms. The molecule has 106 valence electrons. The molecule has 19 heavy (non-hydrogen) atoms. The van der Waals surface area contributed by atoms with Gasteiger partial charge in [0.25, 0.3) is 0 Å². The molecule has 0 aliphatic heterocycles. The Hall–Kier alpha value is -1.40. The van der Waals surface area contributed by atoms with Crippen molar-refractivity contribution in [1.29, 1.82) is 0 Å². The van der Waals surface area contributed by atoms with Crippen molar-refractivity contribution in [2.45, 2.75) is 38.6 Å². The minimum atomic E-state index is -3.86. The summed E-state index contributed by atoms with van der Waals surface area (Å²) in [7, 11) is -3.86. The number of hydrogen-bond acceptors (Lipinski definition) is 4. The molecule has 1 N–H and O–H groups in total. The highest BCUT2D eigenvalue weighted by molar-refractivity contribution is 7.89. The second kappa shape index (κ2) is 5.71. The molecule has 0 saturated heterocycles. The van der Waals surface area contributed by atoms with E-state index in [-0.39, 0.29) is 4.90 Å². The highest BCUT2D eigenvalue weighted by Crippen LogP contribution is 2.16. The van der Waals surface area contributed by atoms with E-state index in [9.17, 15) is 18.3 Å². The lowest BCUT2D eigenvalue weighted by Crippen LogP contribution is -2.50. The number of aliphatic carboxylic acids is 1. The smallest absolute Gasteiger partial charge is 0.241 e. The van der Waals surface area contributed by atoms with Crippen molar-refractivity contribution in [3.05, 3.63) is 29.3 Å². The van der Waals surface area contributed by atoms with Crippen LogP contribution >= 0.6 is 0 Å². The Morgan fingerprint density at radius 3 is 2.21 bits per heavy atom. The summed E-state index contributed by atoms with van der Waals surface area (Å²) in [6.45, 7) is 6.90. The first-order chi connectivity index (χ1) is 8.65. The normalized spacial score (nSPS) is 13.5. The van der Waals surface area contributed by atoms with E-state index < -0.39 is 28.0 Å². The SMILES string of the molecule is Cc1ccc(S(=O)(=O)N[C@@H](C(=O)[O-])C(C)C)cc1C. The van der Waals surface area contributed by atoms with E-state index in [0.29, 0.717) is 0 Å². The number of carbonyl (C=O) groups excluding carboxylic acids is 1. The van der Waals surface area contributed by atoms with Crippen molar-refractivity contribution in [3.8, 4) is 0 Å². The van der Waals surface area contributed by atoms with Crippen LogP contribution < -0.4 is 9.83 Å². The second-order valence-corrected chi connectivity index (χ2v) is 6.62. The van der Waals surface area contributed by atoms with Gasteiger partial charge in [-0.05, 0) is 43.0 Å². The Morgan fingerprint density at radius 2 is 1.79 bits per heavy atom. The highest BCUT2D eigenvalue weighted by Gasteiger charge is 2.23. The maximum Gasteiger partial charge on any atom is 0.241 e. The van der Waals surface area contributed by atoms with E-state index in [1.807, 2.05) is 6.92 Å². The molecule has 0 aliphatic rings. The Labute approximate surface area is 113 Å². The van der Waals surface area contributed by atoms with Crippen LogP contribution in [0.4, 0.5) is 0 Å². The summed E-state index contributed by atoms with van der Waals surface area (Å²) in [6.07, 6.45) is 0. The topological polar surface area (TPSA) is 86.3 Å². The lowest BCUT2D eigenvalue weighted by Gasteiger charge is -2.23. The van der Waals surface area contributed by atoms with Crippen LogP contribution in [0.2, 0.25) is 0 Å². The molecule has 1 aromatic rings. The molecule has 0 heterocycles. The Morgan fingerprint density at radius 1 is 1.21 bits per heavy atom. The maximum atomic E-state index is 12.1. The van der Waals surface area contributed by atoms with Crippen molar-refractivity contribution in [2.24, 2.45) is 5.92 Å². The third-order valence-corrected chi connectivity index (χ3v) is 4.43. The van der Waals surface area contributed by atoms with E-state index in [2.05, 4.69) is 4.72 Å². The summed E-state index contributed by atoms with van der Waals surface area (Å²) >= 11 is 0. The fourth-order valence-electron chi connectivity index (χ4n) is 1.57. The zero-order valence-corrected chi connectivity index (χ0v) is 12.2. The average Bonchev–Trinajstić information content (AvgIpc) is 2.28. The van der Waals surface area contributed by atoms with Crippen LogP contribution in [0.5, 0.6) is 0 Å². The van der Waals surface area contributed by atoms with E-state index in [1.54, 1.807) is 26.8 Å². The molecule has 1 atom stereocenters. The second-order valence-electron chi connectivity index (χ2n) is 4.91. The molecule has 0 bridgehead atoms. The van der Waals surface area contributed by atoms with Gasteiger partial charge in [-0.25, -0.2) is 13.1 Å². The molecule has 0 aliphatic carbocycles. The van der Waals surface area contributed by atoms with Gasteiger partial charge in [0.2, 0.25) is 10.0 Å². The molecule has 0 radical (unpaired) electrons. The zero-order valence-electron chi connectivity index (χ0n) is 11.4. The number of carbonyl (C=O) groups is 1. The summed E-state index contributed by atoms with van der Waals surface area (Å²) in [5.74, 6) is -1.83. The van der Waals surface area contributed by atoms with Crippen molar-refractivity contribution in [2.75, 3.05) is 0 Å². The Kier molecular flexibility index (Phi) is 4.70. The number of hydrogen-bond donors (Lipinski definition) is 1. The molecule has 0 unspecified atom stereocenters. The maximum absolute atomic E-state index is 12.1. The summed E-state index contributed by atoms with van der Waals surface area (Å²) in [6, 6.07) is 3.42. The first kappa shape index (κ1) is 15.7. The van der Waals surface area contributed by atoms with Crippen molar-refractivity contribution in [3.63, 3.8) is 0 Å². The van der Waals surface area contributed by atoms with Crippen LogP contribution in [-0.4, -0.2) is 20.4 Å². The van der Waals surface area contributed by atoms with Gasteiger partial charge in [0, 0.05) is 0 Å². The Balaban J connectivity index is 3.10. The standard InChI is InChI=1S/C13H19NO4S/c1-8(2)12(13(15)16)14-19(17,18)11-6-5-9(3)10(4)7-11/h5-8,12,14H,1-4H3,(H,15,16)/p-1/t12-/m1/s1. The fraction of sp³-hybridized carbons (Fsp3) is 0.462. The van der Waals surface area contributed by atoms with E-state index in [0.717, 1.165) is 11.1 Å². The third-order valence-electron chi connectivity index (χ3n) is 2.99. The first-order valence-corrected chi connectivity index (χ1v) is 7.44. The minimum absolute atomic E-state index is 0.0579. The van der Waals surface area contributed by atoms with Gasteiger partial charge in [-0.15, -0.1) is 0 Å². The molecular weight excluding hydrogens is 266 g/mol. The molecule has 0 saturated carbocycles. The Bertz CT molecular complexity index is 578. The van der Waals surface area contributed by atoms with Crippen LogP contribution in [-0.2, 0) is 14.8 Å². The number of carboxylic acids is 1. The zero-order chi connectivity index (χ0) is 14.8. The average molecular weight is 284 g/mol. The molecule has 5 nitrogen and oxygen atoms in total. The number of benzene rings is 1. The van der Waals surface area contributed by atoms with E-state index in [1.165, 1.54) is 12.1 Å². The minimum Gasteiger partial charge on any atom is -0.548 e.